The molecule has 0 aliphatic rings. The molecular weight excluding hydrogens is 983 g/mol. The molecule has 1 amide bonds. The second-order valence-electron chi connectivity index (χ2n) is 25.6. The van der Waals surface area contributed by atoms with Crippen molar-refractivity contribution in [3.05, 3.63) is 12.2 Å². The van der Waals surface area contributed by atoms with E-state index in [9.17, 15) is 19.8 Å². The molecule has 0 saturated carbocycles. The Hall–Kier alpha value is -1.40. The molecule has 6 heteroatoms. The van der Waals surface area contributed by atoms with Crippen molar-refractivity contribution >= 4 is 11.9 Å². The fourth-order valence-corrected chi connectivity index (χ4v) is 11.9. The van der Waals surface area contributed by atoms with Gasteiger partial charge in [0.05, 0.1) is 25.4 Å². The number of aliphatic hydroxyl groups excluding tert-OH is 2. The molecule has 0 aromatic carbocycles. The van der Waals surface area contributed by atoms with E-state index in [1.54, 1.807) is 0 Å². The van der Waals surface area contributed by atoms with E-state index in [0.717, 1.165) is 44.9 Å². The minimum Gasteiger partial charge on any atom is -0.466 e. The number of amides is 1. The largest absolute Gasteiger partial charge is 0.466 e. The molecular formula is C74H145NO5. The first-order chi connectivity index (χ1) is 39.5. The Bertz CT molecular complexity index is 1210. The van der Waals surface area contributed by atoms with Crippen LogP contribution >= 0.6 is 0 Å². The van der Waals surface area contributed by atoms with Crippen LogP contribution in [0.15, 0.2) is 12.2 Å². The number of allylic oxidation sites excluding steroid dienone is 2. The molecule has 0 aromatic rings. The first-order valence-corrected chi connectivity index (χ1v) is 36.9. The second-order valence-corrected chi connectivity index (χ2v) is 25.6. The van der Waals surface area contributed by atoms with Crippen LogP contribution in [-0.4, -0.2) is 47.4 Å². The van der Waals surface area contributed by atoms with Crippen LogP contribution in [0.2, 0.25) is 0 Å². The molecule has 0 fully saturated rings. The molecule has 0 radical (unpaired) electrons. The fraction of sp³-hybridized carbons (Fsp3) is 0.946. The van der Waals surface area contributed by atoms with Crippen LogP contribution in [0.5, 0.6) is 0 Å². The zero-order chi connectivity index (χ0) is 57.8. The summed E-state index contributed by atoms with van der Waals surface area (Å²) in [5.41, 5.74) is 0. The number of esters is 1. The molecule has 0 aliphatic heterocycles. The third-order valence-corrected chi connectivity index (χ3v) is 17.6. The van der Waals surface area contributed by atoms with Crippen molar-refractivity contribution in [1.82, 2.24) is 5.32 Å². The van der Waals surface area contributed by atoms with Gasteiger partial charge in [0, 0.05) is 12.8 Å². The zero-order valence-corrected chi connectivity index (χ0v) is 54.6. The number of unbranched alkanes of at least 4 members (excludes halogenated alkanes) is 57. The molecule has 80 heavy (non-hydrogen) atoms. The van der Waals surface area contributed by atoms with Crippen LogP contribution in [0.1, 0.15) is 425 Å². The number of ether oxygens (including phenoxy) is 1. The van der Waals surface area contributed by atoms with Gasteiger partial charge in [-0.15, -0.1) is 0 Å². The number of carbonyl (C=O) groups is 2. The maximum Gasteiger partial charge on any atom is 0.305 e. The highest BCUT2D eigenvalue weighted by atomic mass is 16.5. The highest BCUT2D eigenvalue weighted by Crippen LogP contribution is 2.20. The van der Waals surface area contributed by atoms with Gasteiger partial charge in [-0.25, -0.2) is 0 Å². The molecule has 0 rings (SSSR count). The summed E-state index contributed by atoms with van der Waals surface area (Å²) in [5, 5.41) is 23.4. The van der Waals surface area contributed by atoms with E-state index in [0.29, 0.717) is 25.9 Å². The summed E-state index contributed by atoms with van der Waals surface area (Å²) in [4.78, 5) is 24.7. The van der Waals surface area contributed by atoms with Gasteiger partial charge in [0.15, 0.2) is 0 Å². The number of carbonyl (C=O) groups excluding carboxylic acids is 2. The van der Waals surface area contributed by atoms with Crippen LogP contribution in [0.3, 0.4) is 0 Å². The molecule has 0 heterocycles. The molecule has 2 atom stereocenters. The van der Waals surface area contributed by atoms with Crippen LogP contribution in [-0.2, 0) is 14.3 Å². The van der Waals surface area contributed by atoms with Gasteiger partial charge in [0.1, 0.15) is 0 Å². The average molecular weight is 1130 g/mol. The van der Waals surface area contributed by atoms with E-state index < -0.39 is 12.1 Å². The SMILES string of the molecule is CCCCCCCC/C=C\CCCCCCCCCC(=O)OCCCCCCCCCCCCCCCCCCCCCCCCCCCC(=O)NC(CO)C(O)CCCCCCCCCCCCCCCCCCCCCCC. The minimum atomic E-state index is -0.664. The Balaban J connectivity index is 3.35. The Labute approximate surface area is 501 Å². The van der Waals surface area contributed by atoms with Crippen LogP contribution < -0.4 is 5.32 Å². The highest BCUT2D eigenvalue weighted by Gasteiger charge is 2.20. The summed E-state index contributed by atoms with van der Waals surface area (Å²) in [6.45, 7) is 5.00. The lowest BCUT2D eigenvalue weighted by molar-refractivity contribution is -0.143. The van der Waals surface area contributed by atoms with Gasteiger partial charge in [0.25, 0.3) is 0 Å². The quantitative estimate of drug-likeness (QED) is 0.0320. The second kappa shape index (κ2) is 70.1. The molecule has 476 valence electrons. The number of rotatable bonds is 70. The van der Waals surface area contributed by atoms with Crippen molar-refractivity contribution in [3.63, 3.8) is 0 Å². The normalized spacial score (nSPS) is 12.5. The number of nitrogens with one attached hydrogen (secondary N) is 1. The highest BCUT2D eigenvalue weighted by molar-refractivity contribution is 5.76. The fourth-order valence-electron chi connectivity index (χ4n) is 11.9. The summed E-state index contributed by atoms with van der Waals surface area (Å²) >= 11 is 0. The smallest absolute Gasteiger partial charge is 0.305 e. The van der Waals surface area contributed by atoms with E-state index in [1.807, 2.05) is 0 Å². The van der Waals surface area contributed by atoms with Crippen molar-refractivity contribution in [3.8, 4) is 0 Å². The summed E-state index contributed by atoms with van der Waals surface area (Å²) in [6, 6.07) is -0.541. The Morgan fingerprint density at radius 1 is 0.338 bits per heavy atom. The number of hydrogen-bond acceptors (Lipinski definition) is 5. The Morgan fingerprint density at radius 2 is 0.588 bits per heavy atom. The number of aliphatic hydroxyl groups is 2. The molecule has 3 N–H and O–H groups in total. The van der Waals surface area contributed by atoms with Crippen LogP contribution in [0.25, 0.3) is 0 Å². The molecule has 0 aromatic heterocycles. The lowest BCUT2D eigenvalue weighted by Crippen LogP contribution is -2.45. The lowest BCUT2D eigenvalue weighted by Gasteiger charge is -2.22. The summed E-state index contributed by atoms with van der Waals surface area (Å²) in [5.74, 6) is -0.0136. The molecule has 0 spiro atoms. The topological polar surface area (TPSA) is 95.9 Å². The van der Waals surface area contributed by atoms with Gasteiger partial charge >= 0.3 is 5.97 Å². The first-order valence-electron chi connectivity index (χ1n) is 36.9. The van der Waals surface area contributed by atoms with Crippen molar-refractivity contribution in [2.75, 3.05) is 13.2 Å². The van der Waals surface area contributed by atoms with Crippen molar-refractivity contribution in [1.29, 1.82) is 0 Å². The molecule has 0 saturated heterocycles. The van der Waals surface area contributed by atoms with E-state index in [1.165, 1.54) is 347 Å². The minimum absolute atomic E-state index is 0.0144. The van der Waals surface area contributed by atoms with Gasteiger partial charge in [-0.3, -0.25) is 9.59 Å². The van der Waals surface area contributed by atoms with Gasteiger partial charge in [-0.1, -0.05) is 373 Å². The van der Waals surface area contributed by atoms with Crippen molar-refractivity contribution in [2.45, 2.75) is 437 Å². The average Bonchev–Trinajstić information content (AvgIpc) is 3.46. The summed E-state index contributed by atoms with van der Waals surface area (Å²) in [7, 11) is 0. The zero-order valence-electron chi connectivity index (χ0n) is 54.6. The van der Waals surface area contributed by atoms with E-state index in [4.69, 9.17) is 4.74 Å². The monoisotopic (exact) mass is 1130 g/mol. The lowest BCUT2D eigenvalue weighted by atomic mass is 10.0. The van der Waals surface area contributed by atoms with Gasteiger partial charge in [-0.05, 0) is 51.4 Å². The predicted molar refractivity (Wildman–Crippen MR) is 352 cm³/mol. The van der Waals surface area contributed by atoms with E-state index in [-0.39, 0.29) is 18.5 Å². The summed E-state index contributed by atoms with van der Waals surface area (Å²) < 4.78 is 5.50. The van der Waals surface area contributed by atoms with Crippen molar-refractivity contribution < 1.29 is 24.5 Å². The Kier molecular flexibility index (Phi) is 68.9. The van der Waals surface area contributed by atoms with Crippen LogP contribution in [0.4, 0.5) is 0 Å². The number of hydrogen-bond donors (Lipinski definition) is 3. The standard InChI is InChI=1S/C74H145NO5/c1-3-5-7-9-11-13-15-17-19-21-22-28-31-35-38-42-46-50-54-58-62-66-72(77)71(70-76)75-73(78)67-63-59-55-51-47-43-39-36-32-29-26-24-23-25-27-30-33-37-41-45-49-53-57-61-65-69-80-74(79)68-64-60-56-52-48-44-40-34-20-18-16-14-12-10-8-6-4-2/h18,20,71-72,76-77H,3-17,19,21-70H2,1-2H3,(H,75,78)/b20-18-. The summed E-state index contributed by atoms with van der Waals surface area (Å²) in [6.07, 6.45) is 87.0. The molecule has 6 nitrogen and oxygen atoms in total. The van der Waals surface area contributed by atoms with Crippen LogP contribution in [0, 0.1) is 0 Å². The third-order valence-electron chi connectivity index (χ3n) is 17.6. The third kappa shape index (κ3) is 65.7. The first kappa shape index (κ1) is 78.6. The Morgan fingerprint density at radius 3 is 0.887 bits per heavy atom. The maximum atomic E-state index is 12.6. The van der Waals surface area contributed by atoms with Gasteiger partial charge < -0.3 is 20.3 Å². The molecule has 0 bridgehead atoms. The van der Waals surface area contributed by atoms with Crippen molar-refractivity contribution in [2.24, 2.45) is 0 Å². The van der Waals surface area contributed by atoms with E-state index in [2.05, 4.69) is 31.3 Å². The van der Waals surface area contributed by atoms with E-state index >= 15 is 0 Å². The van der Waals surface area contributed by atoms with Gasteiger partial charge in [0.2, 0.25) is 5.91 Å². The van der Waals surface area contributed by atoms with Gasteiger partial charge in [-0.2, -0.15) is 0 Å². The molecule has 2 unspecified atom stereocenters. The predicted octanol–water partition coefficient (Wildman–Crippen LogP) is 23.9. The molecule has 0 aliphatic carbocycles. The maximum absolute atomic E-state index is 12.6.